The van der Waals surface area contributed by atoms with E-state index < -0.39 is 4.92 Å². The van der Waals surface area contributed by atoms with E-state index in [1.165, 1.54) is 28.3 Å². The molecule has 3 heterocycles. The first-order chi connectivity index (χ1) is 12.6. The lowest BCUT2D eigenvalue weighted by Crippen LogP contribution is -2.11. The molecule has 5 rings (SSSR count). The highest BCUT2D eigenvalue weighted by atomic mass is 32.1. The topological polar surface area (TPSA) is 107 Å². The molecule has 0 atom stereocenters. The van der Waals surface area contributed by atoms with Gasteiger partial charge in [0.15, 0.2) is 11.5 Å². The summed E-state index contributed by atoms with van der Waals surface area (Å²) in [7, 11) is 0. The van der Waals surface area contributed by atoms with Gasteiger partial charge in [-0.2, -0.15) is 0 Å². The fraction of sp³-hybridized carbons (Fsp3) is 0.294. The van der Waals surface area contributed by atoms with Crippen molar-refractivity contribution in [2.75, 3.05) is 6.79 Å². The molecule has 1 N–H and O–H groups in total. The molecule has 0 bridgehead atoms. The number of benzene rings is 1. The monoisotopic (exact) mass is 371 g/mol. The quantitative estimate of drug-likeness (QED) is 0.548. The van der Waals surface area contributed by atoms with Crippen LogP contribution < -0.4 is 15.0 Å². The zero-order valence-corrected chi connectivity index (χ0v) is 14.4. The van der Waals surface area contributed by atoms with Gasteiger partial charge in [-0.05, 0) is 31.2 Å². The Morgan fingerprint density at radius 1 is 1.19 bits per heavy atom. The molecule has 0 fully saturated rings. The van der Waals surface area contributed by atoms with Gasteiger partial charge < -0.3 is 14.5 Å². The normalized spacial score (nSPS) is 15.2. The molecular weight excluding hydrogens is 358 g/mol. The number of ether oxygens (including phenoxy) is 2. The molecule has 1 aliphatic carbocycles. The lowest BCUT2D eigenvalue weighted by molar-refractivity contribution is -0.384. The van der Waals surface area contributed by atoms with Gasteiger partial charge in [-0.25, -0.2) is 4.98 Å². The van der Waals surface area contributed by atoms with Gasteiger partial charge in [0, 0.05) is 10.9 Å². The van der Waals surface area contributed by atoms with Gasteiger partial charge in [-0.15, -0.1) is 11.3 Å². The van der Waals surface area contributed by atoms with E-state index in [4.69, 9.17) is 9.47 Å². The second-order valence-corrected chi connectivity index (χ2v) is 7.37. The number of nitro benzene ring substituents is 1. The number of hydrogen-bond donors (Lipinski definition) is 1. The van der Waals surface area contributed by atoms with E-state index in [1.807, 2.05) is 0 Å². The number of aromatic nitrogens is 2. The average Bonchev–Trinajstić information content (AvgIpc) is 3.23. The van der Waals surface area contributed by atoms with Gasteiger partial charge in [-0.3, -0.25) is 14.9 Å². The van der Waals surface area contributed by atoms with Gasteiger partial charge in [0.2, 0.25) is 6.79 Å². The molecule has 8 nitrogen and oxygen atoms in total. The van der Waals surface area contributed by atoms with E-state index in [1.54, 1.807) is 0 Å². The van der Waals surface area contributed by atoms with Crippen molar-refractivity contribution in [3.63, 3.8) is 0 Å². The summed E-state index contributed by atoms with van der Waals surface area (Å²) in [6.07, 6.45) is 4.00. The summed E-state index contributed by atoms with van der Waals surface area (Å²) in [4.78, 5) is 32.8. The number of H-pyrrole nitrogens is 1. The fourth-order valence-corrected chi connectivity index (χ4v) is 4.83. The SMILES string of the molecule is O=c1[nH]c(-c2cc3c(cc2[N+](=O)[O-])OCO3)nc2sc3c(c12)CCCC3. The Balaban J connectivity index is 1.75. The smallest absolute Gasteiger partial charge is 0.284 e. The summed E-state index contributed by atoms with van der Waals surface area (Å²) in [5.74, 6) is 0.889. The summed E-state index contributed by atoms with van der Waals surface area (Å²) in [6, 6.07) is 2.80. The minimum atomic E-state index is -0.513. The van der Waals surface area contributed by atoms with E-state index in [-0.39, 0.29) is 29.4 Å². The summed E-state index contributed by atoms with van der Waals surface area (Å²) in [5.41, 5.74) is 0.857. The first-order valence-corrected chi connectivity index (χ1v) is 9.06. The Morgan fingerprint density at radius 3 is 2.77 bits per heavy atom. The summed E-state index contributed by atoms with van der Waals surface area (Å²) >= 11 is 1.51. The molecule has 0 saturated carbocycles. The minimum Gasteiger partial charge on any atom is -0.454 e. The Labute approximate surface area is 150 Å². The molecule has 0 spiro atoms. The van der Waals surface area contributed by atoms with Crippen LogP contribution in [0.4, 0.5) is 5.69 Å². The third-order valence-corrected chi connectivity index (χ3v) is 5.95. The van der Waals surface area contributed by atoms with Crippen molar-refractivity contribution in [3.8, 4) is 22.9 Å². The maximum Gasteiger partial charge on any atom is 0.284 e. The number of rotatable bonds is 2. The zero-order valence-electron chi connectivity index (χ0n) is 13.5. The van der Waals surface area contributed by atoms with Gasteiger partial charge in [0.05, 0.1) is 21.9 Å². The minimum absolute atomic E-state index is 0.0105. The number of hydrogen-bond acceptors (Lipinski definition) is 7. The summed E-state index contributed by atoms with van der Waals surface area (Å²) < 4.78 is 10.5. The lowest BCUT2D eigenvalue weighted by atomic mass is 9.97. The number of nitro groups is 1. The maximum atomic E-state index is 12.7. The summed E-state index contributed by atoms with van der Waals surface area (Å²) in [6.45, 7) is 0.0105. The van der Waals surface area contributed by atoms with E-state index >= 15 is 0 Å². The van der Waals surface area contributed by atoms with Crippen LogP contribution in [0.15, 0.2) is 16.9 Å². The van der Waals surface area contributed by atoms with E-state index in [2.05, 4.69) is 9.97 Å². The molecule has 0 amide bonds. The molecular formula is C17H13N3O5S. The predicted octanol–water partition coefficient (Wildman–Crippen LogP) is 3.17. The molecule has 2 aromatic heterocycles. The van der Waals surface area contributed by atoms with Crippen molar-refractivity contribution in [3.05, 3.63) is 43.0 Å². The van der Waals surface area contributed by atoms with Gasteiger partial charge in [0.1, 0.15) is 10.7 Å². The zero-order chi connectivity index (χ0) is 17.8. The number of fused-ring (bicyclic) bond motifs is 4. The van der Waals surface area contributed by atoms with Gasteiger partial charge in [-0.1, -0.05) is 0 Å². The third kappa shape index (κ3) is 2.20. The van der Waals surface area contributed by atoms with Crippen LogP contribution in [0.3, 0.4) is 0 Å². The highest BCUT2D eigenvalue weighted by molar-refractivity contribution is 7.18. The highest BCUT2D eigenvalue weighted by Crippen LogP contribution is 2.42. The largest absolute Gasteiger partial charge is 0.454 e. The summed E-state index contributed by atoms with van der Waals surface area (Å²) in [5, 5.41) is 12.1. The molecule has 0 saturated heterocycles. The number of nitrogens with one attached hydrogen (secondary N) is 1. The molecule has 3 aromatic rings. The molecule has 132 valence electrons. The molecule has 1 aromatic carbocycles. The second-order valence-electron chi connectivity index (χ2n) is 6.29. The van der Waals surface area contributed by atoms with Crippen LogP contribution in [0.5, 0.6) is 11.5 Å². The number of aromatic amines is 1. The lowest BCUT2D eigenvalue weighted by Gasteiger charge is -2.09. The van der Waals surface area contributed by atoms with Crippen molar-refractivity contribution in [2.24, 2.45) is 0 Å². The van der Waals surface area contributed by atoms with Crippen LogP contribution in [0.1, 0.15) is 23.3 Å². The Hall–Kier alpha value is -2.94. The van der Waals surface area contributed by atoms with Crippen LogP contribution in [0, 0.1) is 10.1 Å². The molecule has 2 aliphatic rings. The maximum absolute atomic E-state index is 12.7. The predicted molar refractivity (Wildman–Crippen MR) is 95.1 cm³/mol. The molecule has 26 heavy (non-hydrogen) atoms. The van der Waals surface area contributed by atoms with Crippen molar-refractivity contribution in [2.45, 2.75) is 25.7 Å². The molecule has 1 aliphatic heterocycles. The molecule has 0 unspecified atom stereocenters. The Bertz CT molecular complexity index is 1130. The molecule has 0 radical (unpaired) electrons. The van der Waals surface area contributed by atoms with Crippen molar-refractivity contribution in [1.82, 2.24) is 9.97 Å². The van der Waals surface area contributed by atoms with Crippen LogP contribution in [-0.4, -0.2) is 21.7 Å². The number of aryl methyl sites for hydroxylation is 2. The van der Waals surface area contributed by atoms with Crippen LogP contribution in [0.25, 0.3) is 21.6 Å². The number of thiophene rings is 1. The van der Waals surface area contributed by atoms with E-state index in [9.17, 15) is 14.9 Å². The highest BCUT2D eigenvalue weighted by Gasteiger charge is 2.27. The van der Waals surface area contributed by atoms with E-state index in [0.29, 0.717) is 21.7 Å². The Morgan fingerprint density at radius 2 is 1.96 bits per heavy atom. The molecule has 9 heteroatoms. The van der Waals surface area contributed by atoms with Gasteiger partial charge >= 0.3 is 0 Å². The first-order valence-electron chi connectivity index (χ1n) is 8.25. The van der Waals surface area contributed by atoms with E-state index in [0.717, 1.165) is 31.2 Å². The Kier molecular flexibility index (Phi) is 3.26. The third-order valence-electron chi connectivity index (χ3n) is 4.77. The number of nitrogens with zero attached hydrogens (tertiary/aromatic N) is 2. The van der Waals surface area contributed by atoms with Crippen molar-refractivity contribution >= 4 is 27.2 Å². The second kappa shape index (κ2) is 5.53. The van der Waals surface area contributed by atoms with Crippen LogP contribution in [0.2, 0.25) is 0 Å². The first kappa shape index (κ1) is 15.3. The standard InChI is InChI=1S/C17H13N3O5S/c21-16-14-8-3-1-2-4-13(8)26-17(14)19-15(18-16)9-5-11-12(25-7-24-11)6-10(9)20(22)23/h5-6H,1-4,7H2,(H,18,19,21). The van der Waals surface area contributed by atoms with Crippen molar-refractivity contribution < 1.29 is 14.4 Å². The average molecular weight is 371 g/mol. The fourth-order valence-electron chi connectivity index (χ4n) is 3.56. The van der Waals surface area contributed by atoms with Crippen LogP contribution >= 0.6 is 11.3 Å². The van der Waals surface area contributed by atoms with Gasteiger partial charge in [0.25, 0.3) is 11.2 Å². The van der Waals surface area contributed by atoms with Crippen LogP contribution in [-0.2, 0) is 12.8 Å². The van der Waals surface area contributed by atoms with Crippen molar-refractivity contribution in [1.29, 1.82) is 0 Å².